The Morgan fingerprint density at radius 1 is 1.30 bits per heavy atom. The minimum atomic E-state index is 0.0982. The molecule has 1 aromatic carbocycles. The molecule has 5 heteroatoms. The molecule has 1 aromatic rings. The van der Waals surface area contributed by atoms with E-state index in [0.717, 1.165) is 31.5 Å². The molecule has 20 heavy (non-hydrogen) atoms. The van der Waals surface area contributed by atoms with E-state index in [-0.39, 0.29) is 17.7 Å². The third-order valence-electron chi connectivity index (χ3n) is 4.35. The van der Waals surface area contributed by atoms with E-state index < -0.39 is 0 Å². The first-order valence-electron chi connectivity index (χ1n) is 7.03. The fourth-order valence-electron chi connectivity index (χ4n) is 3.09. The van der Waals surface area contributed by atoms with Gasteiger partial charge in [-0.1, -0.05) is 23.2 Å². The average Bonchev–Trinajstić information content (AvgIpc) is 3.06. The zero-order valence-electron chi connectivity index (χ0n) is 11.2. The number of amides is 1. The maximum absolute atomic E-state index is 12.4. The molecule has 1 amide bonds. The maximum Gasteiger partial charge on any atom is 0.226 e. The molecule has 1 aliphatic carbocycles. The molecule has 1 saturated heterocycles. The van der Waals surface area contributed by atoms with Crippen molar-refractivity contribution in [3.05, 3.63) is 33.8 Å². The van der Waals surface area contributed by atoms with Crippen LogP contribution >= 0.6 is 23.2 Å². The predicted molar refractivity (Wildman–Crippen MR) is 81.1 cm³/mol. The zero-order chi connectivity index (χ0) is 14.3. The molecule has 0 radical (unpaired) electrons. The molecule has 2 N–H and O–H groups in total. The monoisotopic (exact) mass is 312 g/mol. The minimum absolute atomic E-state index is 0.0982. The Kier molecular flexibility index (Phi) is 3.93. The van der Waals surface area contributed by atoms with Crippen molar-refractivity contribution in [1.82, 2.24) is 4.90 Å². The zero-order valence-corrected chi connectivity index (χ0v) is 12.7. The summed E-state index contributed by atoms with van der Waals surface area (Å²) >= 11 is 12.0. The molecular weight excluding hydrogens is 295 g/mol. The second-order valence-corrected chi connectivity index (χ2v) is 6.70. The highest BCUT2D eigenvalue weighted by Gasteiger charge is 2.46. The highest BCUT2D eigenvalue weighted by atomic mass is 35.5. The van der Waals surface area contributed by atoms with Gasteiger partial charge in [-0.25, -0.2) is 0 Å². The number of hydrogen-bond donors (Lipinski definition) is 1. The Bertz CT molecular complexity index is 514. The van der Waals surface area contributed by atoms with Crippen LogP contribution in [0.3, 0.4) is 0 Å². The number of rotatable bonds is 3. The molecule has 0 spiro atoms. The summed E-state index contributed by atoms with van der Waals surface area (Å²) in [5.74, 6) is 1.11. The summed E-state index contributed by atoms with van der Waals surface area (Å²) in [6.45, 7) is 2.33. The van der Waals surface area contributed by atoms with E-state index >= 15 is 0 Å². The van der Waals surface area contributed by atoms with Gasteiger partial charge >= 0.3 is 0 Å². The van der Waals surface area contributed by atoms with E-state index in [1.807, 2.05) is 17.0 Å². The van der Waals surface area contributed by atoms with Crippen LogP contribution in [-0.2, 0) is 4.79 Å². The number of hydrogen-bond acceptors (Lipinski definition) is 2. The lowest BCUT2D eigenvalue weighted by molar-refractivity contribution is -0.131. The van der Waals surface area contributed by atoms with Crippen molar-refractivity contribution in [2.24, 2.45) is 17.6 Å². The number of nitrogens with zero attached hydrogens (tertiary/aromatic N) is 1. The third kappa shape index (κ3) is 2.80. The van der Waals surface area contributed by atoms with Gasteiger partial charge in [0.2, 0.25) is 5.91 Å². The fraction of sp³-hybridized carbons (Fsp3) is 0.533. The Balaban J connectivity index is 1.65. The normalized spacial score (nSPS) is 28.8. The molecule has 1 heterocycles. The van der Waals surface area contributed by atoms with Crippen molar-refractivity contribution in [2.45, 2.75) is 18.8 Å². The van der Waals surface area contributed by atoms with Crippen LogP contribution in [0.4, 0.5) is 0 Å². The first-order valence-corrected chi connectivity index (χ1v) is 7.79. The van der Waals surface area contributed by atoms with E-state index in [0.29, 0.717) is 22.5 Å². The summed E-state index contributed by atoms with van der Waals surface area (Å²) in [6.07, 6.45) is 1.93. The van der Waals surface area contributed by atoms with Gasteiger partial charge in [0.1, 0.15) is 0 Å². The van der Waals surface area contributed by atoms with Crippen LogP contribution in [0, 0.1) is 11.8 Å². The lowest BCUT2D eigenvalue weighted by Gasteiger charge is -2.16. The standard InChI is InChI=1S/C15H18Cl2N2O/c16-11-3-10(4-12(17)5-11)13-6-14(13)15(20)19-2-1-9(7-18)8-19/h3-5,9,13-14H,1-2,6-8,18H2/t9-,13+,14+/m0/s1. The number of carbonyl (C=O) groups is 1. The molecule has 3 rings (SSSR count). The van der Waals surface area contributed by atoms with Crippen molar-refractivity contribution in [1.29, 1.82) is 0 Å². The Labute approximate surface area is 129 Å². The number of halogens is 2. The van der Waals surface area contributed by atoms with E-state index in [1.165, 1.54) is 0 Å². The van der Waals surface area contributed by atoms with E-state index in [9.17, 15) is 4.79 Å². The summed E-state index contributed by atoms with van der Waals surface area (Å²) in [5.41, 5.74) is 6.75. The largest absolute Gasteiger partial charge is 0.342 e. The van der Waals surface area contributed by atoms with Gasteiger partial charge in [0.25, 0.3) is 0 Å². The Morgan fingerprint density at radius 2 is 2.00 bits per heavy atom. The van der Waals surface area contributed by atoms with Crippen molar-refractivity contribution in [2.75, 3.05) is 19.6 Å². The Hall–Kier alpha value is -0.770. The second kappa shape index (κ2) is 5.55. The van der Waals surface area contributed by atoms with Gasteiger partial charge in [-0.3, -0.25) is 4.79 Å². The lowest BCUT2D eigenvalue weighted by Crippen LogP contribution is -2.31. The smallest absolute Gasteiger partial charge is 0.226 e. The van der Waals surface area contributed by atoms with Crippen LogP contribution in [0.1, 0.15) is 24.3 Å². The highest BCUT2D eigenvalue weighted by molar-refractivity contribution is 6.34. The molecule has 0 aromatic heterocycles. The number of benzene rings is 1. The molecular formula is C15H18Cl2N2O. The van der Waals surface area contributed by atoms with Crippen molar-refractivity contribution in [3.8, 4) is 0 Å². The third-order valence-corrected chi connectivity index (χ3v) is 4.79. The quantitative estimate of drug-likeness (QED) is 0.932. The molecule has 1 saturated carbocycles. The van der Waals surface area contributed by atoms with Gasteiger partial charge in [-0.15, -0.1) is 0 Å². The van der Waals surface area contributed by atoms with Gasteiger partial charge in [-0.05, 0) is 55.0 Å². The maximum atomic E-state index is 12.4. The van der Waals surface area contributed by atoms with Gasteiger partial charge in [0.15, 0.2) is 0 Å². The molecule has 108 valence electrons. The first-order chi connectivity index (χ1) is 9.58. The summed E-state index contributed by atoms with van der Waals surface area (Å²) in [6, 6.07) is 5.55. The van der Waals surface area contributed by atoms with Gasteiger partial charge in [-0.2, -0.15) is 0 Å². The van der Waals surface area contributed by atoms with Gasteiger partial charge < -0.3 is 10.6 Å². The fourth-order valence-corrected chi connectivity index (χ4v) is 3.63. The van der Waals surface area contributed by atoms with E-state index in [2.05, 4.69) is 0 Å². The highest BCUT2D eigenvalue weighted by Crippen LogP contribution is 2.49. The number of nitrogens with two attached hydrogens (primary N) is 1. The van der Waals surface area contributed by atoms with Crippen molar-refractivity contribution < 1.29 is 4.79 Å². The van der Waals surface area contributed by atoms with Crippen molar-refractivity contribution >= 4 is 29.1 Å². The van der Waals surface area contributed by atoms with Gasteiger partial charge in [0, 0.05) is 29.1 Å². The predicted octanol–water partition coefficient (Wildman–Crippen LogP) is 2.90. The summed E-state index contributed by atoms with van der Waals surface area (Å²) < 4.78 is 0. The average molecular weight is 313 g/mol. The van der Waals surface area contributed by atoms with E-state index in [4.69, 9.17) is 28.9 Å². The summed E-state index contributed by atoms with van der Waals surface area (Å²) in [5, 5.41) is 1.27. The topological polar surface area (TPSA) is 46.3 Å². The summed E-state index contributed by atoms with van der Waals surface area (Å²) in [4.78, 5) is 14.4. The Morgan fingerprint density at radius 3 is 2.60 bits per heavy atom. The molecule has 2 aliphatic rings. The lowest BCUT2D eigenvalue weighted by atomic mass is 10.1. The summed E-state index contributed by atoms with van der Waals surface area (Å²) in [7, 11) is 0. The van der Waals surface area contributed by atoms with Crippen LogP contribution in [0.5, 0.6) is 0 Å². The molecule has 0 unspecified atom stereocenters. The second-order valence-electron chi connectivity index (χ2n) is 5.83. The van der Waals surface area contributed by atoms with Crippen LogP contribution in [0.2, 0.25) is 10.0 Å². The van der Waals surface area contributed by atoms with Crippen LogP contribution in [0.25, 0.3) is 0 Å². The van der Waals surface area contributed by atoms with Crippen LogP contribution in [0.15, 0.2) is 18.2 Å². The minimum Gasteiger partial charge on any atom is -0.342 e. The molecule has 0 bridgehead atoms. The molecule has 3 nitrogen and oxygen atoms in total. The first kappa shape index (κ1) is 14.2. The molecule has 3 atom stereocenters. The van der Waals surface area contributed by atoms with Crippen LogP contribution < -0.4 is 5.73 Å². The van der Waals surface area contributed by atoms with E-state index in [1.54, 1.807) is 6.07 Å². The van der Waals surface area contributed by atoms with Crippen molar-refractivity contribution in [3.63, 3.8) is 0 Å². The molecule has 1 aliphatic heterocycles. The SMILES string of the molecule is NC[C@@H]1CCN(C(=O)[C@@H]2C[C@@H]2c2cc(Cl)cc(Cl)c2)C1. The number of carbonyl (C=O) groups excluding carboxylic acids is 1. The van der Waals surface area contributed by atoms with Gasteiger partial charge in [0.05, 0.1) is 0 Å². The van der Waals surface area contributed by atoms with Crippen LogP contribution in [-0.4, -0.2) is 30.4 Å². The molecule has 2 fully saturated rings. The number of likely N-dealkylation sites (tertiary alicyclic amines) is 1.